The highest BCUT2D eigenvalue weighted by Gasteiger charge is 2.44. The molecular weight excluding hydrogens is 362 g/mol. The van der Waals surface area contributed by atoms with Crippen LogP contribution in [0.5, 0.6) is 0 Å². The highest BCUT2D eigenvalue weighted by molar-refractivity contribution is 5.87. The van der Waals surface area contributed by atoms with Crippen LogP contribution in [0.25, 0.3) is 5.69 Å². The number of aliphatic hydroxyl groups is 4. The molecule has 0 amide bonds. The van der Waals surface area contributed by atoms with Crippen LogP contribution in [0, 0.1) is 0 Å². The number of carboxylic acids is 1. The van der Waals surface area contributed by atoms with Crippen molar-refractivity contribution in [2.45, 2.75) is 37.3 Å². The smallest absolute Gasteiger partial charge is 0.335 e. The van der Waals surface area contributed by atoms with E-state index in [9.17, 15) is 20.1 Å². The fourth-order valence-corrected chi connectivity index (χ4v) is 2.62. The Hall–Kier alpha value is -2.41. The zero-order valence-corrected chi connectivity index (χ0v) is 14.0. The van der Waals surface area contributed by atoms with E-state index in [2.05, 4.69) is 10.3 Å². The third-order valence-electron chi connectivity index (χ3n) is 4.16. The fraction of sp³-hybridized carbons (Fsp3) is 0.438. The van der Waals surface area contributed by atoms with Crippen molar-refractivity contribution < 1.29 is 39.8 Å². The van der Waals surface area contributed by atoms with Gasteiger partial charge in [0, 0.05) is 0 Å². The van der Waals surface area contributed by atoms with Crippen molar-refractivity contribution in [3.63, 3.8) is 0 Å². The topological polar surface area (TPSA) is 167 Å². The Morgan fingerprint density at radius 2 is 1.85 bits per heavy atom. The molecule has 1 saturated heterocycles. The van der Waals surface area contributed by atoms with E-state index >= 15 is 0 Å². The van der Waals surface area contributed by atoms with Crippen LogP contribution in [-0.4, -0.2) is 83.8 Å². The second kappa shape index (κ2) is 8.08. The van der Waals surface area contributed by atoms with Gasteiger partial charge in [-0.1, -0.05) is 5.21 Å². The van der Waals surface area contributed by atoms with Crippen molar-refractivity contribution in [1.29, 1.82) is 0 Å². The third kappa shape index (κ3) is 4.13. The predicted octanol–water partition coefficient (Wildman–Crippen LogP) is -1.72. The fourth-order valence-electron chi connectivity index (χ4n) is 2.62. The largest absolute Gasteiger partial charge is 0.478 e. The van der Waals surface area contributed by atoms with Crippen molar-refractivity contribution in [3.05, 3.63) is 41.7 Å². The van der Waals surface area contributed by atoms with E-state index in [1.54, 1.807) is 18.3 Å². The van der Waals surface area contributed by atoms with Gasteiger partial charge in [-0.15, -0.1) is 5.10 Å². The summed E-state index contributed by atoms with van der Waals surface area (Å²) in [5.41, 5.74) is 1.12. The van der Waals surface area contributed by atoms with Crippen molar-refractivity contribution in [3.8, 4) is 5.69 Å². The van der Waals surface area contributed by atoms with Crippen LogP contribution in [0.3, 0.4) is 0 Å². The van der Waals surface area contributed by atoms with Crippen molar-refractivity contribution in [2.24, 2.45) is 0 Å². The number of rotatable bonds is 6. The lowest BCUT2D eigenvalue weighted by atomic mass is 9.99. The number of aromatic nitrogens is 3. The molecule has 0 radical (unpaired) electrons. The molecule has 5 atom stereocenters. The molecule has 2 heterocycles. The first-order valence-corrected chi connectivity index (χ1v) is 8.07. The summed E-state index contributed by atoms with van der Waals surface area (Å²) in [4.78, 5) is 10.9. The summed E-state index contributed by atoms with van der Waals surface area (Å²) in [6.07, 6.45) is -5.26. The van der Waals surface area contributed by atoms with Gasteiger partial charge in [0.25, 0.3) is 0 Å². The van der Waals surface area contributed by atoms with Crippen LogP contribution in [-0.2, 0) is 16.1 Å². The van der Waals surface area contributed by atoms with E-state index in [0.29, 0.717) is 11.4 Å². The maximum absolute atomic E-state index is 10.9. The minimum Gasteiger partial charge on any atom is -0.478 e. The van der Waals surface area contributed by atoms with Gasteiger partial charge in [-0.25, -0.2) is 9.48 Å². The second-order valence-electron chi connectivity index (χ2n) is 6.01. The Bertz CT molecular complexity index is 778. The zero-order chi connectivity index (χ0) is 19.6. The summed E-state index contributed by atoms with van der Waals surface area (Å²) >= 11 is 0. The second-order valence-corrected chi connectivity index (χ2v) is 6.01. The highest BCUT2D eigenvalue weighted by atomic mass is 16.7. The molecule has 0 unspecified atom stereocenters. The van der Waals surface area contributed by atoms with E-state index in [0.717, 1.165) is 0 Å². The maximum Gasteiger partial charge on any atom is 0.335 e. The van der Waals surface area contributed by atoms with Crippen LogP contribution < -0.4 is 0 Å². The zero-order valence-electron chi connectivity index (χ0n) is 14.0. The number of hydrogen-bond donors (Lipinski definition) is 5. The van der Waals surface area contributed by atoms with Crippen LogP contribution in [0.2, 0.25) is 0 Å². The molecule has 1 fully saturated rings. The Morgan fingerprint density at radius 1 is 1.15 bits per heavy atom. The van der Waals surface area contributed by atoms with Crippen molar-refractivity contribution in [2.75, 3.05) is 6.61 Å². The van der Waals surface area contributed by atoms with E-state index in [-0.39, 0.29) is 12.2 Å². The van der Waals surface area contributed by atoms with Gasteiger partial charge in [0.15, 0.2) is 6.29 Å². The van der Waals surface area contributed by atoms with Gasteiger partial charge in [-0.3, -0.25) is 0 Å². The van der Waals surface area contributed by atoms with Crippen molar-refractivity contribution >= 4 is 5.97 Å². The maximum atomic E-state index is 10.9. The quantitative estimate of drug-likeness (QED) is 0.388. The molecular formula is C16H19N3O8. The summed E-state index contributed by atoms with van der Waals surface area (Å²) in [5.74, 6) is -1.03. The lowest BCUT2D eigenvalue weighted by Gasteiger charge is -2.39. The van der Waals surface area contributed by atoms with Crippen LogP contribution >= 0.6 is 0 Å². The number of hydrogen-bond acceptors (Lipinski definition) is 9. The first-order valence-electron chi connectivity index (χ1n) is 8.07. The third-order valence-corrected chi connectivity index (χ3v) is 4.16. The van der Waals surface area contributed by atoms with Crippen LogP contribution in [0.1, 0.15) is 16.1 Å². The van der Waals surface area contributed by atoms with Gasteiger partial charge in [-0.05, 0) is 24.3 Å². The van der Waals surface area contributed by atoms with Crippen LogP contribution in [0.15, 0.2) is 30.5 Å². The molecule has 0 aliphatic carbocycles. The molecule has 3 rings (SSSR count). The Kier molecular flexibility index (Phi) is 5.79. The average Bonchev–Trinajstić information content (AvgIpc) is 3.15. The van der Waals surface area contributed by atoms with E-state index < -0.39 is 43.3 Å². The lowest BCUT2D eigenvalue weighted by molar-refractivity contribution is -0.304. The van der Waals surface area contributed by atoms with Crippen molar-refractivity contribution in [1.82, 2.24) is 15.0 Å². The Balaban J connectivity index is 1.63. The van der Waals surface area contributed by atoms with Gasteiger partial charge in [0.1, 0.15) is 30.1 Å². The SMILES string of the molecule is O=C(O)c1ccc(-n2cc(CO[C@H]3O[C@H](CO)[C@@H](O)[C@H](O)[C@@H]3O)nn2)cc1. The van der Waals surface area contributed by atoms with Crippen LogP contribution in [0.4, 0.5) is 0 Å². The van der Waals surface area contributed by atoms with E-state index in [4.69, 9.17) is 19.7 Å². The monoisotopic (exact) mass is 381 g/mol. The number of carboxylic acid groups (broad SMARTS) is 1. The minimum atomic E-state index is -1.52. The standard InChI is InChI=1S/C16H19N3O8/c20-6-11-12(21)13(22)14(23)16(27-11)26-7-9-5-19(18-17-9)10-3-1-8(2-4-10)15(24)25/h1-5,11-14,16,20-23H,6-7H2,(H,24,25)/t11-,12-,13+,14+,16+/m1/s1. The lowest BCUT2D eigenvalue weighted by Crippen LogP contribution is -2.59. The Labute approximate surface area is 153 Å². The number of ether oxygens (including phenoxy) is 2. The summed E-state index contributed by atoms with van der Waals surface area (Å²) in [5, 5.41) is 55.3. The molecule has 1 aromatic heterocycles. The molecule has 0 bridgehead atoms. The van der Waals surface area contributed by atoms with E-state index in [1.165, 1.54) is 16.8 Å². The molecule has 146 valence electrons. The summed E-state index contributed by atoms with van der Waals surface area (Å²) < 4.78 is 12.0. The van der Waals surface area contributed by atoms with Gasteiger partial charge in [-0.2, -0.15) is 0 Å². The minimum absolute atomic E-state index is 0.115. The Morgan fingerprint density at radius 3 is 2.48 bits per heavy atom. The first-order chi connectivity index (χ1) is 12.9. The van der Waals surface area contributed by atoms with Gasteiger partial charge in [0.05, 0.1) is 30.7 Å². The molecule has 27 heavy (non-hydrogen) atoms. The van der Waals surface area contributed by atoms with Gasteiger partial charge in [0.2, 0.25) is 0 Å². The first kappa shape index (κ1) is 19.4. The summed E-state index contributed by atoms with van der Waals surface area (Å²) in [6, 6.07) is 6.01. The molecule has 11 heteroatoms. The van der Waals surface area contributed by atoms with Gasteiger partial charge < -0.3 is 35.0 Å². The summed E-state index contributed by atoms with van der Waals surface area (Å²) in [7, 11) is 0. The number of benzene rings is 1. The molecule has 1 aromatic carbocycles. The molecule has 1 aliphatic heterocycles. The normalized spacial score (nSPS) is 28.2. The number of aromatic carboxylic acids is 1. The predicted molar refractivity (Wildman–Crippen MR) is 86.9 cm³/mol. The van der Waals surface area contributed by atoms with Gasteiger partial charge >= 0.3 is 5.97 Å². The highest BCUT2D eigenvalue weighted by Crippen LogP contribution is 2.22. The number of aliphatic hydroxyl groups excluding tert-OH is 4. The molecule has 1 aliphatic rings. The molecule has 0 saturated carbocycles. The molecule has 0 spiro atoms. The summed E-state index contributed by atoms with van der Waals surface area (Å²) in [6.45, 7) is -0.663. The number of nitrogens with zero attached hydrogens (tertiary/aromatic N) is 3. The average molecular weight is 381 g/mol. The molecule has 2 aromatic rings. The molecule has 5 N–H and O–H groups in total. The molecule has 11 nitrogen and oxygen atoms in total. The number of carbonyl (C=O) groups is 1. The van der Waals surface area contributed by atoms with E-state index in [1.807, 2.05) is 0 Å².